The van der Waals surface area contributed by atoms with E-state index in [0.29, 0.717) is 12.3 Å². The fraction of sp³-hybridized carbons (Fsp3) is 0.941. The van der Waals surface area contributed by atoms with Crippen LogP contribution in [0, 0.1) is 5.92 Å². The van der Waals surface area contributed by atoms with Crippen molar-refractivity contribution >= 4 is 5.97 Å². The molecule has 0 aromatic rings. The van der Waals surface area contributed by atoms with Gasteiger partial charge in [-0.15, -0.1) is 0 Å². The molecule has 0 saturated carbocycles. The molecule has 0 radical (unpaired) electrons. The largest absolute Gasteiger partial charge is 0.469 e. The van der Waals surface area contributed by atoms with E-state index < -0.39 is 0 Å². The average molecular weight is 270 g/mol. The number of rotatable bonds is 13. The van der Waals surface area contributed by atoms with Gasteiger partial charge in [0.15, 0.2) is 0 Å². The number of ether oxygens (including phenoxy) is 1. The monoisotopic (exact) mass is 270 g/mol. The molecule has 0 fully saturated rings. The Morgan fingerprint density at radius 2 is 1.37 bits per heavy atom. The summed E-state index contributed by atoms with van der Waals surface area (Å²) in [5, 5.41) is 0. The van der Waals surface area contributed by atoms with Gasteiger partial charge >= 0.3 is 5.97 Å². The summed E-state index contributed by atoms with van der Waals surface area (Å²) in [5.41, 5.74) is 0. The molecule has 19 heavy (non-hydrogen) atoms. The zero-order chi connectivity index (χ0) is 14.3. The SMILES string of the molecule is CCCCCCCCCCCC[C@H](C)CC(=O)OC. The minimum Gasteiger partial charge on any atom is -0.469 e. The minimum absolute atomic E-state index is 0.0698. The highest BCUT2D eigenvalue weighted by atomic mass is 16.5. The Kier molecular flexibility index (Phi) is 13.5. The third-order valence-electron chi connectivity index (χ3n) is 3.79. The second-order valence-corrected chi connectivity index (χ2v) is 5.86. The van der Waals surface area contributed by atoms with Crippen LogP contribution in [0.3, 0.4) is 0 Å². The van der Waals surface area contributed by atoms with E-state index in [0.717, 1.165) is 6.42 Å². The van der Waals surface area contributed by atoms with E-state index in [1.807, 2.05) is 0 Å². The maximum Gasteiger partial charge on any atom is 0.305 e. The Morgan fingerprint density at radius 3 is 1.84 bits per heavy atom. The van der Waals surface area contributed by atoms with Gasteiger partial charge in [0.05, 0.1) is 7.11 Å². The first-order valence-electron chi connectivity index (χ1n) is 8.27. The van der Waals surface area contributed by atoms with Crippen molar-refractivity contribution in [2.24, 2.45) is 5.92 Å². The molecule has 0 aliphatic rings. The number of hydrogen-bond donors (Lipinski definition) is 0. The summed E-state index contributed by atoms with van der Waals surface area (Å²) in [6.07, 6.45) is 15.5. The molecule has 0 N–H and O–H groups in total. The smallest absolute Gasteiger partial charge is 0.305 e. The number of unbranched alkanes of at least 4 members (excludes halogenated alkanes) is 9. The zero-order valence-corrected chi connectivity index (χ0v) is 13.4. The van der Waals surface area contributed by atoms with E-state index in [2.05, 4.69) is 18.6 Å². The van der Waals surface area contributed by atoms with Crippen molar-refractivity contribution < 1.29 is 9.53 Å². The van der Waals surface area contributed by atoms with E-state index in [4.69, 9.17) is 0 Å². The van der Waals surface area contributed by atoms with Crippen LogP contribution in [-0.2, 0) is 9.53 Å². The molecule has 0 saturated heterocycles. The van der Waals surface area contributed by atoms with Gasteiger partial charge in [-0.3, -0.25) is 4.79 Å². The summed E-state index contributed by atoms with van der Waals surface area (Å²) < 4.78 is 4.68. The molecule has 0 aromatic heterocycles. The molecular formula is C17H34O2. The van der Waals surface area contributed by atoms with Gasteiger partial charge in [0.1, 0.15) is 0 Å². The lowest BCUT2D eigenvalue weighted by molar-refractivity contribution is -0.141. The quantitative estimate of drug-likeness (QED) is 0.326. The van der Waals surface area contributed by atoms with Crippen molar-refractivity contribution in [2.45, 2.75) is 90.9 Å². The van der Waals surface area contributed by atoms with Gasteiger partial charge in [-0.25, -0.2) is 0 Å². The van der Waals surface area contributed by atoms with Crippen LogP contribution in [0.25, 0.3) is 0 Å². The summed E-state index contributed by atoms with van der Waals surface area (Å²) in [4.78, 5) is 11.1. The van der Waals surface area contributed by atoms with Crippen LogP contribution >= 0.6 is 0 Å². The number of carbonyl (C=O) groups excluding carboxylic acids is 1. The molecule has 2 nitrogen and oxygen atoms in total. The van der Waals surface area contributed by atoms with Crippen molar-refractivity contribution in [1.29, 1.82) is 0 Å². The highest BCUT2D eigenvalue weighted by Crippen LogP contribution is 2.16. The number of hydrogen-bond acceptors (Lipinski definition) is 2. The molecule has 114 valence electrons. The molecule has 0 rings (SSSR count). The van der Waals surface area contributed by atoms with Gasteiger partial charge < -0.3 is 4.74 Å². The third-order valence-corrected chi connectivity index (χ3v) is 3.79. The molecular weight excluding hydrogens is 236 g/mol. The van der Waals surface area contributed by atoms with E-state index in [1.165, 1.54) is 71.3 Å². The van der Waals surface area contributed by atoms with Crippen LogP contribution in [0.15, 0.2) is 0 Å². The lowest BCUT2D eigenvalue weighted by atomic mass is 9.99. The molecule has 0 spiro atoms. The van der Waals surface area contributed by atoms with E-state index in [-0.39, 0.29) is 5.97 Å². The average Bonchev–Trinajstić information content (AvgIpc) is 2.40. The number of carbonyl (C=O) groups is 1. The number of esters is 1. The lowest BCUT2D eigenvalue weighted by Crippen LogP contribution is -2.06. The highest BCUT2D eigenvalue weighted by molar-refractivity contribution is 5.69. The number of methoxy groups -OCH3 is 1. The first kappa shape index (κ1) is 18.5. The van der Waals surface area contributed by atoms with E-state index >= 15 is 0 Å². The fourth-order valence-electron chi connectivity index (χ4n) is 2.45. The van der Waals surface area contributed by atoms with Crippen LogP contribution in [0.2, 0.25) is 0 Å². The second-order valence-electron chi connectivity index (χ2n) is 5.86. The topological polar surface area (TPSA) is 26.3 Å². The van der Waals surface area contributed by atoms with Gasteiger partial charge in [0.25, 0.3) is 0 Å². The lowest BCUT2D eigenvalue weighted by Gasteiger charge is -2.09. The summed E-state index contributed by atoms with van der Waals surface area (Å²) in [6.45, 7) is 4.41. The van der Waals surface area contributed by atoms with Gasteiger partial charge in [0.2, 0.25) is 0 Å². The van der Waals surface area contributed by atoms with Crippen molar-refractivity contribution in [3.05, 3.63) is 0 Å². The Balaban J connectivity index is 3.16. The van der Waals surface area contributed by atoms with Crippen LogP contribution in [0.1, 0.15) is 90.9 Å². The summed E-state index contributed by atoms with van der Waals surface area (Å²) >= 11 is 0. The molecule has 0 aromatic carbocycles. The van der Waals surface area contributed by atoms with Crippen LogP contribution in [0.4, 0.5) is 0 Å². The predicted octanol–water partition coefficient (Wildman–Crippen LogP) is 5.50. The Bertz CT molecular complexity index is 201. The molecule has 0 aliphatic heterocycles. The second kappa shape index (κ2) is 13.9. The van der Waals surface area contributed by atoms with E-state index in [9.17, 15) is 4.79 Å². The van der Waals surface area contributed by atoms with Gasteiger partial charge in [-0.05, 0) is 5.92 Å². The van der Waals surface area contributed by atoms with Gasteiger partial charge in [-0.1, -0.05) is 84.5 Å². The zero-order valence-electron chi connectivity index (χ0n) is 13.4. The maximum atomic E-state index is 11.1. The molecule has 0 bridgehead atoms. The molecule has 0 heterocycles. The molecule has 0 amide bonds. The highest BCUT2D eigenvalue weighted by Gasteiger charge is 2.08. The molecule has 0 aliphatic carbocycles. The molecule has 0 unspecified atom stereocenters. The predicted molar refractivity (Wildman–Crippen MR) is 82.3 cm³/mol. The molecule has 2 heteroatoms. The summed E-state index contributed by atoms with van der Waals surface area (Å²) in [5.74, 6) is 0.404. The Morgan fingerprint density at radius 1 is 0.895 bits per heavy atom. The molecule has 1 atom stereocenters. The standard InChI is InChI=1S/C17H34O2/c1-4-5-6-7-8-9-10-11-12-13-14-16(2)15-17(18)19-3/h16H,4-15H2,1-3H3/t16-/m0/s1. The minimum atomic E-state index is -0.0698. The van der Waals surface area contributed by atoms with Crippen LogP contribution in [-0.4, -0.2) is 13.1 Å². The summed E-state index contributed by atoms with van der Waals surface area (Å²) in [6, 6.07) is 0. The first-order valence-corrected chi connectivity index (χ1v) is 8.27. The van der Waals surface area contributed by atoms with Crippen LogP contribution < -0.4 is 0 Å². The van der Waals surface area contributed by atoms with E-state index in [1.54, 1.807) is 0 Å². The summed E-state index contributed by atoms with van der Waals surface area (Å²) in [7, 11) is 1.47. The fourth-order valence-corrected chi connectivity index (χ4v) is 2.45. The maximum absolute atomic E-state index is 11.1. The Labute approximate surface area is 120 Å². The van der Waals surface area contributed by atoms with Crippen molar-refractivity contribution in [3.8, 4) is 0 Å². The van der Waals surface area contributed by atoms with Gasteiger partial charge in [-0.2, -0.15) is 0 Å². The van der Waals surface area contributed by atoms with Crippen molar-refractivity contribution in [2.75, 3.05) is 7.11 Å². The third kappa shape index (κ3) is 13.7. The van der Waals surface area contributed by atoms with Crippen LogP contribution in [0.5, 0.6) is 0 Å². The first-order chi connectivity index (χ1) is 9.20. The van der Waals surface area contributed by atoms with Gasteiger partial charge in [0, 0.05) is 6.42 Å². The Hall–Kier alpha value is -0.530. The normalized spacial score (nSPS) is 12.4. The van der Waals surface area contributed by atoms with Crippen molar-refractivity contribution in [3.63, 3.8) is 0 Å². The van der Waals surface area contributed by atoms with Crippen molar-refractivity contribution in [1.82, 2.24) is 0 Å².